The number of nitrogens with zero attached hydrogens (tertiary/aromatic N) is 1. The van der Waals surface area contributed by atoms with Crippen LogP contribution in [0.3, 0.4) is 0 Å². The molecule has 1 amide bonds. The Labute approximate surface area is 189 Å². The molecule has 0 aromatic heterocycles. The van der Waals surface area contributed by atoms with Gasteiger partial charge in [-0.2, -0.15) is 13.2 Å². The third kappa shape index (κ3) is 7.69. The lowest BCUT2D eigenvalue weighted by atomic mass is 10.2. The fraction of sp³-hybridized carbons (Fsp3) is 0.222. The molecule has 10 nitrogen and oxygen atoms in total. The average molecular weight is 510 g/mol. The molecule has 0 spiro atoms. The molecule has 0 bridgehead atoms. The van der Waals surface area contributed by atoms with E-state index < -0.39 is 63.0 Å². The van der Waals surface area contributed by atoms with Crippen LogP contribution in [0, 0.1) is 10.1 Å². The van der Waals surface area contributed by atoms with Gasteiger partial charge < -0.3 is 10.1 Å². The number of esters is 1. The summed E-state index contributed by atoms with van der Waals surface area (Å²) >= 11 is 5.83. The van der Waals surface area contributed by atoms with Crippen molar-refractivity contribution in [2.75, 3.05) is 18.5 Å². The van der Waals surface area contributed by atoms with E-state index in [1.165, 1.54) is 6.07 Å². The summed E-state index contributed by atoms with van der Waals surface area (Å²) in [5.74, 6) is -1.85. The lowest BCUT2D eigenvalue weighted by Gasteiger charge is -2.10. The van der Waals surface area contributed by atoms with E-state index in [4.69, 9.17) is 11.6 Å². The van der Waals surface area contributed by atoms with Crippen LogP contribution in [0.15, 0.2) is 47.4 Å². The first-order chi connectivity index (χ1) is 15.3. The summed E-state index contributed by atoms with van der Waals surface area (Å²) < 4.78 is 69.1. The van der Waals surface area contributed by atoms with Crippen molar-refractivity contribution in [3.8, 4) is 0 Å². The third-order valence-electron chi connectivity index (χ3n) is 3.89. The molecule has 0 atom stereocenters. The summed E-state index contributed by atoms with van der Waals surface area (Å²) in [6, 6.07) is 6.37. The molecule has 0 aliphatic carbocycles. The van der Waals surface area contributed by atoms with Gasteiger partial charge >= 0.3 is 12.1 Å². The second kappa shape index (κ2) is 10.6. The average Bonchev–Trinajstić information content (AvgIpc) is 2.73. The molecule has 15 heteroatoms. The summed E-state index contributed by atoms with van der Waals surface area (Å²) in [6.07, 6.45) is -5.26. The zero-order chi connectivity index (χ0) is 24.8. The molecule has 2 N–H and O–H groups in total. The predicted molar refractivity (Wildman–Crippen MR) is 109 cm³/mol. The second-order valence-corrected chi connectivity index (χ2v) is 8.48. The minimum Gasteiger partial charge on any atom is -0.456 e. The Kier molecular flexibility index (Phi) is 8.35. The number of carbonyl (C=O) groups excluding carboxylic acids is 2. The Morgan fingerprint density at radius 3 is 2.48 bits per heavy atom. The van der Waals surface area contributed by atoms with Crippen LogP contribution >= 0.6 is 11.6 Å². The highest BCUT2D eigenvalue weighted by Crippen LogP contribution is 2.30. The number of halogens is 4. The maximum atomic E-state index is 12.7. The number of sulfonamides is 1. The Morgan fingerprint density at radius 1 is 1.15 bits per heavy atom. The molecular weight excluding hydrogens is 495 g/mol. The first-order valence-corrected chi connectivity index (χ1v) is 10.7. The topological polar surface area (TPSA) is 145 Å². The van der Waals surface area contributed by atoms with E-state index in [9.17, 15) is 41.3 Å². The number of nitro benzene ring substituents is 1. The van der Waals surface area contributed by atoms with Crippen LogP contribution in [0.25, 0.3) is 0 Å². The number of non-ortho nitro benzene ring substituents is 1. The van der Waals surface area contributed by atoms with Crippen LogP contribution in [0.5, 0.6) is 0 Å². The van der Waals surface area contributed by atoms with Gasteiger partial charge in [-0.05, 0) is 24.3 Å². The number of anilines is 1. The van der Waals surface area contributed by atoms with E-state index in [0.717, 1.165) is 24.3 Å². The van der Waals surface area contributed by atoms with Crippen molar-refractivity contribution >= 4 is 44.9 Å². The Hall–Kier alpha value is -3.23. The van der Waals surface area contributed by atoms with Crippen LogP contribution in [0.1, 0.15) is 12.0 Å². The van der Waals surface area contributed by atoms with Crippen molar-refractivity contribution in [1.82, 2.24) is 4.72 Å². The zero-order valence-electron chi connectivity index (χ0n) is 16.4. The summed E-state index contributed by atoms with van der Waals surface area (Å²) in [5, 5.41) is 13.0. The Bertz CT molecular complexity index is 1170. The van der Waals surface area contributed by atoms with E-state index in [-0.39, 0.29) is 16.4 Å². The quantitative estimate of drug-likeness (QED) is 0.300. The van der Waals surface area contributed by atoms with E-state index in [0.29, 0.717) is 12.1 Å². The van der Waals surface area contributed by atoms with Gasteiger partial charge in [-0.1, -0.05) is 17.7 Å². The number of hydrogen-bond donors (Lipinski definition) is 2. The Morgan fingerprint density at radius 2 is 1.85 bits per heavy atom. The highest BCUT2D eigenvalue weighted by atomic mass is 35.5. The molecule has 178 valence electrons. The van der Waals surface area contributed by atoms with Crippen molar-refractivity contribution in [1.29, 1.82) is 0 Å². The van der Waals surface area contributed by atoms with Gasteiger partial charge in [0.1, 0.15) is 0 Å². The van der Waals surface area contributed by atoms with Crippen LogP contribution in [0.2, 0.25) is 5.02 Å². The van der Waals surface area contributed by atoms with Gasteiger partial charge in [0.15, 0.2) is 6.61 Å². The molecule has 0 aliphatic rings. The molecule has 0 unspecified atom stereocenters. The number of amides is 1. The molecule has 0 radical (unpaired) electrons. The zero-order valence-corrected chi connectivity index (χ0v) is 18.0. The van der Waals surface area contributed by atoms with Crippen molar-refractivity contribution < 1.29 is 40.8 Å². The number of nitro groups is 1. The third-order valence-corrected chi connectivity index (χ3v) is 5.68. The van der Waals surface area contributed by atoms with Gasteiger partial charge in [0.05, 0.1) is 32.5 Å². The van der Waals surface area contributed by atoms with Crippen LogP contribution in [0.4, 0.5) is 24.5 Å². The number of carbonyl (C=O) groups is 2. The van der Waals surface area contributed by atoms with Crippen molar-refractivity contribution in [3.05, 3.63) is 63.2 Å². The number of nitrogens with one attached hydrogen (secondary N) is 2. The van der Waals surface area contributed by atoms with Crippen LogP contribution < -0.4 is 10.0 Å². The maximum absolute atomic E-state index is 12.7. The SMILES string of the molecule is O=C(COC(=O)CCNS(=O)(=O)c1cccc(C(F)(F)F)c1)Nc1cc([N+](=O)[O-])ccc1Cl. The first-order valence-electron chi connectivity index (χ1n) is 8.86. The molecule has 0 aliphatic heterocycles. The van der Waals surface area contributed by atoms with Crippen molar-refractivity contribution in [2.24, 2.45) is 0 Å². The predicted octanol–water partition coefficient (Wildman–Crippen LogP) is 3.12. The molecule has 0 saturated heterocycles. The number of ether oxygens (including phenoxy) is 1. The molecule has 33 heavy (non-hydrogen) atoms. The second-order valence-electron chi connectivity index (χ2n) is 6.30. The molecule has 0 fully saturated rings. The number of hydrogen-bond acceptors (Lipinski definition) is 7. The van der Waals surface area contributed by atoms with Gasteiger partial charge in [0, 0.05) is 18.7 Å². The first kappa shape index (κ1) is 26.0. The van der Waals surface area contributed by atoms with Gasteiger partial charge in [0.25, 0.3) is 11.6 Å². The number of benzene rings is 2. The molecule has 0 saturated carbocycles. The van der Waals surface area contributed by atoms with Crippen molar-refractivity contribution in [3.63, 3.8) is 0 Å². The van der Waals surface area contributed by atoms with Gasteiger partial charge in [-0.3, -0.25) is 19.7 Å². The van der Waals surface area contributed by atoms with Crippen molar-refractivity contribution in [2.45, 2.75) is 17.5 Å². The largest absolute Gasteiger partial charge is 0.456 e. The summed E-state index contributed by atoms with van der Waals surface area (Å²) in [5.41, 5.74) is -1.57. The summed E-state index contributed by atoms with van der Waals surface area (Å²) in [7, 11) is -4.33. The highest BCUT2D eigenvalue weighted by Gasteiger charge is 2.31. The standard InChI is InChI=1S/C18H15ClF3N3O7S/c19-14-5-4-12(25(28)29)9-15(14)24-16(26)10-32-17(27)6-7-23-33(30,31)13-3-1-2-11(8-13)18(20,21)22/h1-5,8-9,23H,6-7,10H2,(H,24,26). The normalized spacial score (nSPS) is 11.6. The number of alkyl halides is 3. The lowest BCUT2D eigenvalue weighted by molar-refractivity contribution is -0.384. The van der Waals surface area contributed by atoms with Crippen LogP contribution in [-0.2, 0) is 30.5 Å². The van der Waals surface area contributed by atoms with E-state index in [1.807, 2.05) is 4.72 Å². The van der Waals surface area contributed by atoms with Gasteiger partial charge in [0.2, 0.25) is 10.0 Å². The molecule has 2 rings (SSSR count). The van der Waals surface area contributed by atoms with E-state index >= 15 is 0 Å². The maximum Gasteiger partial charge on any atom is 0.416 e. The smallest absolute Gasteiger partial charge is 0.416 e. The van der Waals surface area contributed by atoms with Gasteiger partial charge in [-0.25, -0.2) is 13.1 Å². The fourth-order valence-corrected chi connectivity index (χ4v) is 3.58. The van der Waals surface area contributed by atoms with E-state index in [1.54, 1.807) is 0 Å². The van der Waals surface area contributed by atoms with E-state index in [2.05, 4.69) is 10.1 Å². The minimum atomic E-state index is -4.73. The monoisotopic (exact) mass is 509 g/mol. The highest BCUT2D eigenvalue weighted by molar-refractivity contribution is 7.89. The summed E-state index contributed by atoms with van der Waals surface area (Å²) in [4.78, 5) is 33.0. The lowest BCUT2D eigenvalue weighted by Crippen LogP contribution is -2.28. The molecule has 2 aromatic rings. The van der Waals surface area contributed by atoms with Gasteiger partial charge in [-0.15, -0.1) is 0 Å². The molecular formula is C18H15ClF3N3O7S. The van der Waals surface area contributed by atoms with Crippen LogP contribution in [-0.4, -0.2) is 38.4 Å². The molecule has 0 heterocycles. The number of rotatable bonds is 9. The minimum absolute atomic E-state index is 0.00396. The molecule has 2 aromatic carbocycles. The Balaban J connectivity index is 1.84. The summed E-state index contributed by atoms with van der Waals surface area (Å²) in [6.45, 7) is -1.30. The fourth-order valence-electron chi connectivity index (χ4n) is 2.34.